The molecule has 0 fully saturated rings. The fourth-order valence-electron chi connectivity index (χ4n) is 0.977. The van der Waals surface area contributed by atoms with Crippen molar-refractivity contribution < 1.29 is 9.59 Å². The first-order chi connectivity index (χ1) is 5.17. The Morgan fingerprint density at radius 3 is 1.36 bits per heavy atom. The maximum Gasteiger partial charge on any atom is 0.147 e. The molecule has 0 heterocycles. The molecule has 63 valence electrons. The Balaban J connectivity index is 4.15. The third-order valence-electron chi connectivity index (χ3n) is 1.67. The second-order valence-electron chi connectivity index (χ2n) is 2.39. The lowest BCUT2D eigenvalue weighted by molar-refractivity contribution is -0.124. The second-order valence-corrected chi connectivity index (χ2v) is 2.39. The lowest BCUT2D eigenvalue weighted by Gasteiger charge is -2.07. The van der Waals surface area contributed by atoms with Crippen molar-refractivity contribution in [2.24, 2.45) is 0 Å². The predicted octanol–water partition coefficient (Wildman–Crippen LogP) is 1.93. The molecule has 0 aromatic carbocycles. The molecular weight excluding hydrogens is 140 g/mol. The molecule has 0 aromatic heterocycles. The van der Waals surface area contributed by atoms with E-state index < -0.39 is 0 Å². The molecule has 0 unspecified atom stereocenters. The first-order valence-electron chi connectivity index (χ1n) is 4.09. The standard InChI is InChI=1S/C9H15O2/c1-4-7(8(10)5-2)9(11)6-3/h4-6H2,1-3H3. The fourth-order valence-corrected chi connectivity index (χ4v) is 0.977. The van der Waals surface area contributed by atoms with Crippen molar-refractivity contribution in [1.82, 2.24) is 0 Å². The van der Waals surface area contributed by atoms with E-state index in [1.54, 1.807) is 13.8 Å². The molecule has 2 nitrogen and oxygen atoms in total. The van der Waals surface area contributed by atoms with Gasteiger partial charge in [0.25, 0.3) is 0 Å². The molecule has 0 saturated heterocycles. The van der Waals surface area contributed by atoms with Crippen LogP contribution < -0.4 is 0 Å². The van der Waals surface area contributed by atoms with E-state index in [0.29, 0.717) is 25.2 Å². The van der Waals surface area contributed by atoms with Crippen molar-refractivity contribution in [3.8, 4) is 0 Å². The van der Waals surface area contributed by atoms with E-state index in [2.05, 4.69) is 0 Å². The van der Waals surface area contributed by atoms with Crippen molar-refractivity contribution >= 4 is 11.6 Å². The summed E-state index contributed by atoms with van der Waals surface area (Å²) in [5, 5.41) is 0. The van der Waals surface area contributed by atoms with Crippen molar-refractivity contribution in [2.75, 3.05) is 0 Å². The average Bonchev–Trinajstić information content (AvgIpc) is 2.05. The normalized spacial score (nSPS) is 10.2. The van der Waals surface area contributed by atoms with Gasteiger partial charge in [-0.05, 0) is 6.42 Å². The minimum Gasteiger partial charge on any atom is -0.299 e. The van der Waals surface area contributed by atoms with E-state index in [9.17, 15) is 9.59 Å². The summed E-state index contributed by atoms with van der Waals surface area (Å²) >= 11 is 0. The lowest BCUT2D eigenvalue weighted by atomic mass is 9.93. The Morgan fingerprint density at radius 2 is 1.18 bits per heavy atom. The van der Waals surface area contributed by atoms with Crippen LogP contribution in [-0.2, 0) is 9.59 Å². The van der Waals surface area contributed by atoms with Gasteiger partial charge in [0.05, 0.1) is 0 Å². The Labute approximate surface area is 68.0 Å². The van der Waals surface area contributed by atoms with Crippen LogP contribution in [0, 0.1) is 5.92 Å². The highest BCUT2D eigenvalue weighted by Gasteiger charge is 2.21. The fraction of sp³-hybridized carbons (Fsp3) is 0.667. The van der Waals surface area contributed by atoms with Crippen LogP contribution in [0.4, 0.5) is 0 Å². The highest BCUT2D eigenvalue weighted by atomic mass is 16.1. The summed E-state index contributed by atoms with van der Waals surface area (Å²) in [6, 6.07) is 0. The average molecular weight is 155 g/mol. The van der Waals surface area contributed by atoms with Crippen molar-refractivity contribution in [2.45, 2.75) is 40.0 Å². The second kappa shape index (κ2) is 5.05. The Bertz CT molecular complexity index is 134. The van der Waals surface area contributed by atoms with Crippen LogP contribution in [0.15, 0.2) is 0 Å². The number of Topliss-reactive ketones (excluding diaryl/α,β-unsaturated/α-hetero) is 2. The molecule has 11 heavy (non-hydrogen) atoms. The Hall–Kier alpha value is -0.660. The first kappa shape index (κ1) is 10.3. The lowest BCUT2D eigenvalue weighted by Crippen LogP contribution is -2.19. The molecule has 0 aliphatic carbocycles. The molecule has 0 amide bonds. The van der Waals surface area contributed by atoms with Crippen LogP contribution in [0.3, 0.4) is 0 Å². The number of hydrogen-bond acceptors (Lipinski definition) is 2. The molecule has 0 rings (SSSR count). The van der Waals surface area contributed by atoms with Crippen molar-refractivity contribution in [3.05, 3.63) is 5.92 Å². The largest absolute Gasteiger partial charge is 0.299 e. The monoisotopic (exact) mass is 155 g/mol. The summed E-state index contributed by atoms with van der Waals surface area (Å²) in [6.07, 6.45) is 1.45. The summed E-state index contributed by atoms with van der Waals surface area (Å²) in [6.45, 7) is 5.40. The maximum atomic E-state index is 11.1. The van der Waals surface area contributed by atoms with Gasteiger partial charge in [0.1, 0.15) is 17.5 Å². The van der Waals surface area contributed by atoms with Gasteiger partial charge < -0.3 is 0 Å². The van der Waals surface area contributed by atoms with Crippen LogP contribution in [0.1, 0.15) is 40.0 Å². The number of ketones is 2. The van der Waals surface area contributed by atoms with Gasteiger partial charge in [-0.15, -0.1) is 0 Å². The minimum absolute atomic E-state index is 0.000602. The van der Waals surface area contributed by atoms with E-state index in [0.717, 1.165) is 0 Å². The molecule has 2 heteroatoms. The number of carbonyl (C=O) groups is 2. The van der Waals surface area contributed by atoms with Crippen LogP contribution in [0.25, 0.3) is 0 Å². The Kier molecular flexibility index (Phi) is 4.75. The summed E-state index contributed by atoms with van der Waals surface area (Å²) in [7, 11) is 0. The summed E-state index contributed by atoms with van der Waals surface area (Å²) in [4.78, 5) is 22.2. The summed E-state index contributed by atoms with van der Waals surface area (Å²) < 4.78 is 0. The maximum absolute atomic E-state index is 11.1. The first-order valence-corrected chi connectivity index (χ1v) is 4.09. The van der Waals surface area contributed by atoms with E-state index >= 15 is 0 Å². The molecule has 0 aliphatic heterocycles. The number of carbonyl (C=O) groups excluding carboxylic acids is 2. The SMILES string of the molecule is CC[C](C(=O)CC)C(=O)CC. The number of hydrogen-bond donors (Lipinski definition) is 0. The van der Waals surface area contributed by atoms with Crippen LogP contribution in [0.2, 0.25) is 0 Å². The van der Waals surface area contributed by atoms with Crippen molar-refractivity contribution in [1.29, 1.82) is 0 Å². The van der Waals surface area contributed by atoms with Gasteiger partial charge >= 0.3 is 0 Å². The van der Waals surface area contributed by atoms with Crippen LogP contribution in [0.5, 0.6) is 0 Å². The zero-order valence-corrected chi connectivity index (χ0v) is 7.44. The van der Waals surface area contributed by atoms with Gasteiger partial charge in [0.2, 0.25) is 0 Å². The molecule has 0 spiro atoms. The minimum atomic E-state index is -0.000602. The summed E-state index contributed by atoms with van der Waals surface area (Å²) in [5.41, 5.74) is 0. The van der Waals surface area contributed by atoms with Crippen molar-refractivity contribution in [3.63, 3.8) is 0 Å². The Morgan fingerprint density at radius 1 is 0.818 bits per heavy atom. The van der Waals surface area contributed by atoms with Gasteiger partial charge in [0.15, 0.2) is 0 Å². The topological polar surface area (TPSA) is 34.1 Å². The molecule has 0 aliphatic rings. The third kappa shape index (κ3) is 2.83. The molecule has 0 saturated carbocycles. The zero-order chi connectivity index (χ0) is 8.85. The van der Waals surface area contributed by atoms with Crippen LogP contribution in [-0.4, -0.2) is 11.6 Å². The summed E-state index contributed by atoms with van der Waals surface area (Å²) in [5.74, 6) is 0.480. The van der Waals surface area contributed by atoms with E-state index in [4.69, 9.17) is 0 Å². The van der Waals surface area contributed by atoms with Gasteiger partial charge in [0, 0.05) is 12.8 Å². The highest BCUT2D eigenvalue weighted by Crippen LogP contribution is 2.12. The van der Waals surface area contributed by atoms with E-state index in [1.807, 2.05) is 6.92 Å². The smallest absolute Gasteiger partial charge is 0.147 e. The van der Waals surface area contributed by atoms with Gasteiger partial charge in [-0.3, -0.25) is 9.59 Å². The van der Waals surface area contributed by atoms with Gasteiger partial charge in [-0.25, -0.2) is 0 Å². The molecule has 0 N–H and O–H groups in total. The zero-order valence-electron chi connectivity index (χ0n) is 7.44. The van der Waals surface area contributed by atoms with Gasteiger partial charge in [-0.2, -0.15) is 0 Å². The number of rotatable bonds is 5. The van der Waals surface area contributed by atoms with Gasteiger partial charge in [-0.1, -0.05) is 20.8 Å². The van der Waals surface area contributed by atoms with E-state index in [1.165, 1.54) is 0 Å². The van der Waals surface area contributed by atoms with E-state index in [-0.39, 0.29) is 11.6 Å². The molecule has 0 aromatic rings. The molecule has 0 bridgehead atoms. The quantitative estimate of drug-likeness (QED) is 0.568. The molecule has 1 radical (unpaired) electrons. The molecule has 0 atom stereocenters. The van der Waals surface area contributed by atoms with Crippen LogP contribution >= 0.6 is 0 Å². The predicted molar refractivity (Wildman–Crippen MR) is 44.1 cm³/mol. The third-order valence-corrected chi connectivity index (χ3v) is 1.67. The molecular formula is C9H15O2. The highest BCUT2D eigenvalue weighted by molar-refractivity contribution is 6.15.